The summed E-state index contributed by atoms with van der Waals surface area (Å²) in [6.45, 7) is 9.83. The molecule has 0 N–H and O–H groups in total. The van der Waals surface area contributed by atoms with E-state index in [-0.39, 0.29) is 0 Å². The van der Waals surface area contributed by atoms with Crippen LogP contribution in [-0.4, -0.2) is 5.92 Å². The SMILES string of the molecule is Cc1ccc2ccccc2c1-c1cccc2c1C=C[CH]2[Zr]([CH]1C=Cc2c(-c3c(C)ccc4ccccc34)cccc21)[SiH](C)C. The zero-order valence-corrected chi connectivity index (χ0v) is 29.5. The Morgan fingerprint density at radius 1 is 0.500 bits per heavy atom. The second-order valence-corrected chi connectivity index (χ2v) is 33.2. The molecule has 6 aromatic carbocycles. The van der Waals surface area contributed by atoms with Gasteiger partial charge >= 0.3 is 272 Å². The third-order valence-electron chi connectivity index (χ3n) is 10.1. The quantitative estimate of drug-likeness (QED) is 0.161. The Morgan fingerprint density at radius 2 is 0.955 bits per heavy atom. The Morgan fingerprint density at radius 3 is 1.41 bits per heavy atom. The van der Waals surface area contributed by atoms with Gasteiger partial charge in [-0.1, -0.05) is 0 Å². The standard InChI is InChI=1S/2C20H15.C2H7Si.Zr/c2*1-14-12-13-16-6-2-3-9-18(16)20(14)19-11-5-8-15-7-4-10-17(15)19;1-3-2;/h2*2-13H,1H3;3H,1-2H3;. The van der Waals surface area contributed by atoms with Gasteiger partial charge in [-0.25, -0.2) is 0 Å². The summed E-state index contributed by atoms with van der Waals surface area (Å²) in [5, 5.41) is 5.36. The van der Waals surface area contributed by atoms with E-state index in [1.807, 2.05) is 0 Å². The van der Waals surface area contributed by atoms with Crippen molar-refractivity contribution >= 4 is 39.6 Å². The first-order valence-corrected chi connectivity index (χ1v) is 26.0. The molecule has 6 aromatic rings. The topological polar surface area (TPSA) is 0 Å². The maximum absolute atomic E-state index is 2.64. The monoisotopic (exact) mass is 659 g/mol. The summed E-state index contributed by atoms with van der Waals surface area (Å²) >= 11 is -2.05. The predicted octanol–water partition coefficient (Wildman–Crippen LogP) is 11.4. The molecule has 0 fully saturated rings. The second-order valence-electron chi connectivity index (χ2n) is 12.9. The molecule has 2 unspecified atom stereocenters. The van der Waals surface area contributed by atoms with Crippen LogP contribution in [0.2, 0.25) is 13.1 Å². The van der Waals surface area contributed by atoms with E-state index >= 15 is 0 Å². The fraction of sp³-hybridized carbons (Fsp3) is 0.143. The molecule has 0 nitrogen and oxygen atoms in total. The summed E-state index contributed by atoms with van der Waals surface area (Å²) in [6.07, 6.45) is 10.2. The molecule has 2 heteroatoms. The van der Waals surface area contributed by atoms with Crippen molar-refractivity contribution in [2.24, 2.45) is 0 Å². The Labute approximate surface area is 270 Å². The Kier molecular flexibility index (Phi) is 7.04. The van der Waals surface area contributed by atoms with E-state index < -0.39 is 26.8 Å². The van der Waals surface area contributed by atoms with Crippen molar-refractivity contribution in [1.82, 2.24) is 0 Å². The molecule has 2 atom stereocenters. The van der Waals surface area contributed by atoms with Gasteiger partial charge in [0.1, 0.15) is 0 Å². The number of fused-ring (bicyclic) bond motifs is 4. The number of benzene rings is 6. The van der Waals surface area contributed by atoms with Gasteiger partial charge in [0.2, 0.25) is 0 Å². The van der Waals surface area contributed by atoms with Gasteiger partial charge in [-0.05, 0) is 0 Å². The van der Waals surface area contributed by atoms with Crippen LogP contribution >= 0.6 is 0 Å². The van der Waals surface area contributed by atoms with Gasteiger partial charge < -0.3 is 0 Å². The second kappa shape index (κ2) is 11.1. The minimum absolute atomic E-state index is 0.623. The van der Waals surface area contributed by atoms with Gasteiger partial charge in [-0.2, -0.15) is 0 Å². The molecule has 0 radical (unpaired) electrons. The van der Waals surface area contributed by atoms with Gasteiger partial charge in [-0.15, -0.1) is 0 Å². The van der Waals surface area contributed by atoms with Crippen molar-refractivity contribution in [1.29, 1.82) is 0 Å². The predicted molar refractivity (Wildman–Crippen MR) is 191 cm³/mol. The van der Waals surface area contributed by atoms with Crippen LogP contribution in [0.15, 0.2) is 121 Å². The van der Waals surface area contributed by atoms with E-state index in [4.69, 9.17) is 0 Å². The van der Waals surface area contributed by atoms with Gasteiger partial charge in [0.15, 0.2) is 0 Å². The number of hydrogen-bond acceptors (Lipinski definition) is 0. The molecule has 0 saturated heterocycles. The molecule has 44 heavy (non-hydrogen) atoms. The maximum atomic E-state index is 2.64. The van der Waals surface area contributed by atoms with Gasteiger partial charge in [0.05, 0.1) is 0 Å². The summed E-state index contributed by atoms with van der Waals surface area (Å²) in [7, 11) is 0. The first-order chi connectivity index (χ1) is 21.5. The molecule has 0 bridgehead atoms. The van der Waals surface area contributed by atoms with E-state index in [0.717, 1.165) is 0 Å². The van der Waals surface area contributed by atoms with E-state index in [1.165, 1.54) is 66.1 Å². The Bertz CT molecular complexity index is 2000. The average molecular weight is 661 g/mol. The molecule has 8 rings (SSSR count). The van der Waals surface area contributed by atoms with E-state index in [2.05, 4.69) is 160 Å². The summed E-state index contributed by atoms with van der Waals surface area (Å²) in [6, 6.07) is 41.2. The van der Waals surface area contributed by atoms with Crippen LogP contribution < -0.4 is 0 Å². The van der Waals surface area contributed by atoms with E-state index in [0.29, 0.717) is 7.25 Å². The summed E-state index contributed by atoms with van der Waals surface area (Å²) in [4.78, 5) is 0. The van der Waals surface area contributed by atoms with Crippen LogP contribution in [-0.2, 0) is 20.9 Å². The fourth-order valence-corrected chi connectivity index (χ4v) is 29.1. The summed E-state index contributed by atoms with van der Waals surface area (Å²) in [5.74, 6) is -0.895. The molecular formula is C42H37SiZr. The molecule has 0 heterocycles. The molecule has 2 aliphatic carbocycles. The van der Waals surface area contributed by atoms with E-state index in [1.54, 1.807) is 11.1 Å². The molecule has 0 spiro atoms. The normalized spacial score (nSPS) is 16.7. The van der Waals surface area contributed by atoms with Crippen molar-refractivity contribution in [3.63, 3.8) is 0 Å². The zero-order valence-electron chi connectivity index (χ0n) is 25.9. The number of rotatable bonds is 5. The average Bonchev–Trinajstić information content (AvgIpc) is 3.66. The van der Waals surface area contributed by atoms with Crippen molar-refractivity contribution in [2.45, 2.75) is 34.2 Å². The Hall–Kier alpha value is -3.58. The van der Waals surface area contributed by atoms with Crippen LogP contribution in [0, 0.1) is 13.8 Å². The van der Waals surface area contributed by atoms with Gasteiger partial charge in [0, 0.05) is 0 Å². The van der Waals surface area contributed by atoms with Crippen LogP contribution in [0.4, 0.5) is 0 Å². The fourth-order valence-electron chi connectivity index (χ4n) is 8.08. The zero-order chi connectivity index (χ0) is 29.9. The number of hydrogen-bond donors (Lipinski definition) is 0. The van der Waals surface area contributed by atoms with E-state index in [9.17, 15) is 0 Å². The van der Waals surface area contributed by atoms with Gasteiger partial charge in [-0.3, -0.25) is 0 Å². The first kappa shape index (κ1) is 27.9. The molecule has 0 saturated carbocycles. The van der Waals surface area contributed by atoms with Crippen molar-refractivity contribution < 1.29 is 20.9 Å². The molecule has 213 valence electrons. The minimum atomic E-state index is -2.05. The summed E-state index contributed by atoms with van der Waals surface area (Å²) in [5.41, 5.74) is 14.4. The van der Waals surface area contributed by atoms with Crippen molar-refractivity contribution in [2.75, 3.05) is 0 Å². The van der Waals surface area contributed by atoms with Crippen LogP contribution in [0.1, 0.15) is 40.6 Å². The molecule has 0 aromatic heterocycles. The van der Waals surface area contributed by atoms with Crippen LogP contribution in [0.5, 0.6) is 0 Å². The van der Waals surface area contributed by atoms with Crippen LogP contribution in [0.25, 0.3) is 56.0 Å². The molecular weight excluding hydrogens is 624 g/mol. The summed E-state index contributed by atoms with van der Waals surface area (Å²) < 4.78 is 1.25. The molecule has 0 amide bonds. The first-order valence-electron chi connectivity index (χ1n) is 16.0. The number of aryl methyl sites for hydroxylation is 2. The molecule has 0 aliphatic heterocycles. The van der Waals surface area contributed by atoms with Crippen LogP contribution in [0.3, 0.4) is 0 Å². The van der Waals surface area contributed by atoms with Crippen molar-refractivity contribution in [3.05, 3.63) is 155 Å². The Balaban J connectivity index is 1.23. The molecule has 2 aliphatic rings. The third kappa shape index (κ3) is 4.41. The third-order valence-corrected chi connectivity index (χ3v) is 31.5. The van der Waals surface area contributed by atoms with Gasteiger partial charge in [0.25, 0.3) is 0 Å². The number of allylic oxidation sites excluding steroid dienone is 2. The van der Waals surface area contributed by atoms with Crippen molar-refractivity contribution in [3.8, 4) is 22.3 Å².